The average molecular weight is 321 g/mol. The van der Waals surface area contributed by atoms with Gasteiger partial charge in [0.05, 0.1) is 5.75 Å². The number of thioether (sulfide) groups is 1. The first-order valence-electron chi connectivity index (χ1n) is 8.16. The van der Waals surface area contributed by atoms with E-state index in [0.717, 1.165) is 36.9 Å². The van der Waals surface area contributed by atoms with Gasteiger partial charge in [0.15, 0.2) is 0 Å². The second-order valence-electron chi connectivity index (χ2n) is 7.06. The van der Waals surface area contributed by atoms with Crippen LogP contribution in [0.15, 0.2) is 29.2 Å². The fraction of sp³-hybridized carbons (Fsp3) is 0.611. The summed E-state index contributed by atoms with van der Waals surface area (Å²) in [6.07, 6.45) is 2.33. The van der Waals surface area contributed by atoms with Gasteiger partial charge < -0.3 is 10.6 Å². The Hall–Kier alpha value is -1.00. The molecule has 1 amide bonds. The standard InChI is InChI=1S/C18H28N2OS/c1-18(2,3)15-4-6-16(7-5-15)22-13-17(21)20-11-9-14-8-10-19-12-14/h4-7,14,19H,8-13H2,1-3H3,(H,20,21). The molecule has 1 aliphatic heterocycles. The maximum absolute atomic E-state index is 11.9. The van der Waals surface area contributed by atoms with Gasteiger partial charge >= 0.3 is 0 Å². The lowest BCUT2D eigenvalue weighted by Gasteiger charge is -2.19. The Morgan fingerprint density at radius 1 is 1.32 bits per heavy atom. The van der Waals surface area contributed by atoms with Gasteiger partial charge in [0.25, 0.3) is 0 Å². The van der Waals surface area contributed by atoms with Crippen LogP contribution in [-0.2, 0) is 10.2 Å². The molecule has 4 heteroatoms. The summed E-state index contributed by atoms with van der Waals surface area (Å²) in [6.45, 7) is 9.66. The Balaban J connectivity index is 1.67. The molecule has 0 radical (unpaired) electrons. The molecule has 2 rings (SSSR count). The Bertz CT molecular complexity index is 473. The fourth-order valence-electron chi connectivity index (χ4n) is 2.63. The smallest absolute Gasteiger partial charge is 0.230 e. The second-order valence-corrected chi connectivity index (χ2v) is 8.11. The van der Waals surface area contributed by atoms with Crippen molar-refractivity contribution in [2.24, 2.45) is 5.92 Å². The van der Waals surface area contributed by atoms with Gasteiger partial charge in [-0.2, -0.15) is 0 Å². The minimum atomic E-state index is 0.135. The summed E-state index contributed by atoms with van der Waals surface area (Å²) in [5, 5.41) is 6.38. The SMILES string of the molecule is CC(C)(C)c1ccc(SCC(=O)NCCC2CCNC2)cc1. The molecule has 0 aliphatic carbocycles. The van der Waals surface area contributed by atoms with Crippen molar-refractivity contribution in [2.75, 3.05) is 25.4 Å². The molecule has 0 spiro atoms. The third-order valence-electron chi connectivity index (χ3n) is 4.13. The highest BCUT2D eigenvalue weighted by Crippen LogP contribution is 2.25. The monoisotopic (exact) mass is 320 g/mol. The minimum Gasteiger partial charge on any atom is -0.355 e. The van der Waals surface area contributed by atoms with E-state index in [1.165, 1.54) is 12.0 Å². The number of nitrogens with one attached hydrogen (secondary N) is 2. The van der Waals surface area contributed by atoms with Crippen molar-refractivity contribution < 1.29 is 4.79 Å². The summed E-state index contributed by atoms with van der Waals surface area (Å²) in [5.41, 5.74) is 1.50. The van der Waals surface area contributed by atoms with E-state index in [2.05, 4.69) is 55.7 Å². The highest BCUT2D eigenvalue weighted by Gasteiger charge is 2.15. The largest absolute Gasteiger partial charge is 0.355 e. The molecular formula is C18H28N2OS. The minimum absolute atomic E-state index is 0.135. The Morgan fingerprint density at radius 3 is 2.64 bits per heavy atom. The molecule has 122 valence electrons. The quantitative estimate of drug-likeness (QED) is 0.791. The van der Waals surface area contributed by atoms with E-state index in [1.54, 1.807) is 11.8 Å². The van der Waals surface area contributed by atoms with Crippen molar-refractivity contribution in [2.45, 2.75) is 43.9 Å². The van der Waals surface area contributed by atoms with Crippen LogP contribution in [0.2, 0.25) is 0 Å². The van der Waals surface area contributed by atoms with Crippen LogP contribution in [0.4, 0.5) is 0 Å². The van der Waals surface area contributed by atoms with Crippen LogP contribution in [0.1, 0.15) is 39.2 Å². The summed E-state index contributed by atoms with van der Waals surface area (Å²) < 4.78 is 0. The van der Waals surface area contributed by atoms with Gasteiger partial charge in [-0.3, -0.25) is 4.79 Å². The van der Waals surface area contributed by atoms with Gasteiger partial charge in [0, 0.05) is 11.4 Å². The molecule has 1 saturated heterocycles. The predicted molar refractivity (Wildman–Crippen MR) is 94.5 cm³/mol. The van der Waals surface area contributed by atoms with Crippen molar-refractivity contribution in [1.82, 2.24) is 10.6 Å². The lowest BCUT2D eigenvalue weighted by atomic mass is 9.87. The normalized spacial score (nSPS) is 18.4. The maximum atomic E-state index is 11.9. The van der Waals surface area contributed by atoms with Gasteiger partial charge in [-0.25, -0.2) is 0 Å². The van der Waals surface area contributed by atoms with Crippen molar-refractivity contribution in [1.29, 1.82) is 0 Å². The first kappa shape index (κ1) is 17.4. The van der Waals surface area contributed by atoms with Crippen LogP contribution in [0.25, 0.3) is 0 Å². The summed E-state index contributed by atoms with van der Waals surface area (Å²) >= 11 is 1.61. The molecule has 0 saturated carbocycles. The molecule has 1 heterocycles. The van der Waals surface area contributed by atoms with Gasteiger partial charge in [0.2, 0.25) is 5.91 Å². The molecule has 1 fully saturated rings. The van der Waals surface area contributed by atoms with E-state index in [4.69, 9.17) is 0 Å². The van der Waals surface area contributed by atoms with E-state index in [9.17, 15) is 4.79 Å². The van der Waals surface area contributed by atoms with Gasteiger partial charge in [-0.05, 0) is 55.0 Å². The van der Waals surface area contributed by atoms with Gasteiger partial charge in [0.1, 0.15) is 0 Å². The van der Waals surface area contributed by atoms with Crippen molar-refractivity contribution in [3.63, 3.8) is 0 Å². The van der Waals surface area contributed by atoms with Crippen molar-refractivity contribution in [3.8, 4) is 0 Å². The van der Waals surface area contributed by atoms with Crippen LogP contribution in [-0.4, -0.2) is 31.3 Å². The summed E-state index contributed by atoms with van der Waals surface area (Å²) in [7, 11) is 0. The van der Waals surface area contributed by atoms with E-state index in [1.807, 2.05) is 0 Å². The number of carbonyl (C=O) groups excluding carboxylic acids is 1. The van der Waals surface area contributed by atoms with Gasteiger partial charge in [-0.15, -0.1) is 11.8 Å². The van der Waals surface area contributed by atoms with Crippen LogP contribution < -0.4 is 10.6 Å². The second kappa shape index (κ2) is 8.02. The average Bonchev–Trinajstić information content (AvgIpc) is 2.98. The van der Waals surface area contributed by atoms with Crippen LogP contribution >= 0.6 is 11.8 Å². The molecule has 0 bridgehead atoms. The third-order valence-corrected chi connectivity index (χ3v) is 5.14. The van der Waals surface area contributed by atoms with E-state index in [0.29, 0.717) is 5.75 Å². The molecule has 1 atom stereocenters. The number of rotatable bonds is 6. The van der Waals surface area contributed by atoms with Crippen LogP contribution in [0.5, 0.6) is 0 Å². The van der Waals surface area contributed by atoms with E-state index in [-0.39, 0.29) is 11.3 Å². The van der Waals surface area contributed by atoms with E-state index >= 15 is 0 Å². The third kappa shape index (κ3) is 5.65. The zero-order valence-corrected chi connectivity index (χ0v) is 14.8. The number of hydrogen-bond donors (Lipinski definition) is 2. The molecule has 1 aliphatic rings. The topological polar surface area (TPSA) is 41.1 Å². The molecule has 22 heavy (non-hydrogen) atoms. The number of carbonyl (C=O) groups is 1. The Kier molecular flexibility index (Phi) is 6.33. The Labute approximate surface area is 138 Å². The lowest BCUT2D eigenvalue weighted by molar-refractivity contribution is -0.118. The molecule has 2 N–H and O–H groups in total. The molecule has 3 nitrogen and oxygen atoms in total. The zero-order chi connectivity index (χ0) is 16.0. The highest BCUT2D eigenvalue weighted by atomic mass is 32.2. The molecule has 1 aromatic rings. The summed E-state index contributed by atoms with van der Waals surface area (Å²) in [5.74, 6) is 1.37. The first-order valence-corrected chi connectivity index (χ1v) is 9.14. The molecule has 1 unspecified atom stereocenters. The highest BCUT2D eigenvalue weighted by molar-refractivity contribution is 8.00. The molecular weight excluding hydrogens is 292 g/mol. The van der Waals surface area contributed by atoms with E-state index < -0.39 is 0 Å². The summed E-state index contributed by atoms with van der Waals surface area (Å²) in [4.78, 5) is 13.0. The molecule has 0 aromatic heterocycles. The zero-order valence-electron chi connectivity index (χ0n) is 13.9. The predicted octanol–water partition coefficient (Wildman–Crippen LogP) is 3.19. The van der Waals surface area contributed by atoms with Crippen molar-refractivity contribution in [3.05, 3.63) is 29.8 Å². The molecule has 1 aromatic carbocycles. The number of amides is 1. The van der Waals surface area contributed by atoms with Crippen LogP contribution in [0, 0.1) is 5.92 Å². The number of benzene rings is 1. The summed E-state index contributed by atoms with van der Waals surface area (Å²) in [6, 6.07) is 8.55. The fourth-order valence-corrected chi connectivity index (χ4v) is 3.36. The first-order chi connectivity index (χ1) is 10.4. The van der Waals surface area contributed by atoms with Gasteiger partial charge in [-0.1, -0.05) is 32.9 Å². The van der Waals surface area contributed by atoms with Crippen molar-refractivity contribution >= 4 is 17.7 Å². The lowest BCUT2D eigenvalue weighted by Crippen LogP contribution is -2.27. The Morgan fingerprint density at radius 2 is 2.05 bits per heavy atom. The van der Waals surface area contributed by atoms with Crippen LogP contribution in [0.3, 0.4) is 0 Å². The maximum Gasteiger partial charge on any atom is 0.230 e. The number of hydrogen-bond acceptors (Lipinski definition) is 3.